The fourth-order valence-electron chi connectivity index (χ4n) is 2.11. The maximum absolute atomic E-state index is 12.4. The van der Waals surface area contributed by atoms with Crippen LogP contribution in [0.4, 0.5) is 0 Å². The van der Waals surface area contributed by atoms with Crippen molar-refractivity contribution in [2.24, 2.45) is 0 Å². The lowest BCUT2D eigenvalue weighted by molar-refractivity contribution is -0.142. The molecule has 20 heavy (non-hydrogen) atoms. The lowest BCUT2D eigenvalue weighted by atomic mass is 10.0. The molecule has 0 radical (unpaired) electrons. The molecule has 0 aromatic heterocycles. The molecule has 5 nitrogen and oxygen atoms in total. The Bertz CT molecular complexity index is 444. The monoisotopic (exact) mass is 278 g/mol. The number of likely N-dealkylation sites (N-methyl/N-ethyl adjacent to an activating group) is 1. The van der Waals surface area contributed by atoms with E-state index in [9.17, 15) is 9.59 Å². The topological polar surface area (TPSA) is 69.6 Å². The van der Waals surface area contributed by atoms with Gasteiger partial charge in [-0.05, 0) is 25.6 Å². The highest BCUT2D eigenvalue weighted by Crippen LogP contribution is 2.20. The Labute approximate surface area is 119 Å². The van der Waals surface area contributed by atoms with Gasteiger partial charge in [0.05, 0.1) is 0 Å². The zero-order valence-electron chi connectivity index (χ0n) is 12.2. The third kappa shape index (κ3) is 4.06. The molecule has 1 aromatic carbocycles. The van der Waals surface area contributed by atoms with Crippen LogP contribution in [0.5, 0.6) is 0 Å². The normalized spacial score (nSPS) is 13.8. The Morgan fingerprint density at radius 2 is 1.75 bits per heavy atom. The number of hydrogen-bond donors (Lipinski definition) is 2. The molecule has 0 aliphatic heterocycles. The number of aliphatic carboxylic acids is 1. The molecule has 2 atom stereocenters. The van der Waals surface area contributed by atoms with Gasteiger partial charge in [0.2, 0.25) is 5.91 Å². The molecular formula is C15H22N2O3. The van der Waals surface area contributed by atoms with E-state index in [2.05, 4.69) is 5.32 Å². The van der Waals surface area contributed by atoms with E-state index in [0.29, 0.717) is 13.1 Å². The number of hydrogen-bond acceptors (Lipinski definition) is 3. The van der Waals surface area contributed by atoms with Gasteiger partial charge in [0, 0.05) is 0 Å². The van der Waals surface area contributed by atoms with Gasteiger partial charge >= 0.3 is 5.97 Å². The first-order valence-electron chi connectivity index (χ1n) is 6.83. The van der Waals surface area contributed by atoms with Crippen LogP contribution in [-0.4, -0.2) is 41.0 Å². The molecule has 1 aromatic rings. The summed E-state index contributed by atoms with van der Waals surface area (Å²) in [6.45, 7) is 6.85. The van der Waals surface area contributed by atoms with Gasteiger partial charge in [-0.1, -0.05) is 44.2 Å². The van der Waals surface area contributed by atoms with Crippen LogP contribution in [0.1, 0.15) is 32.4 Å². The van der Waals surface area contributed by atoms with Crippen molar-refractivity contribution in [3.63, 3.8) is 0 Å². The molecular weight excluding hydrogens is 256 g/mol. The molecule has 0 fully saturated rings. The number of carbonyl (C=O) groups is 2. The molecule has 0 bridgehead atoms. The smallest absolute Gasteiger partial charge is 0.325 e. The van der Waals surface area contributed by atoms with E-state index in [-0.39, 0.29) is 5.91 Å². The zero-order valence-corrected chi connectivity index (χ0v) is 12.2. The van der Waals surface area contributed by atoms with Gasteiger partial charge in [0.15, 0.2) is 0 Å². The molecule has 110 valence electrons. The van der Waals surface area contributed by atoms with E-state index in [1.54, 1.807) is 0 Å². The molecule has 0 spiro atoms. The van der Waals surface area contributed by atoms with E-state index in [1.807, 2.05) is 49.1 Å². The minimum atomic E-state index is -1.04. The second kappa shape index (κ2) is 7.65. The van der Waals surface area contributed by atoms with Crippen LogP contribution in [0, 0.1) is 0 Å². The van der Waals surface area contributed by atoms with Gasteiger partial charge in [0.25, 0.3) is 0 Å². The minimum absolute atomic E-state index is 0.283. The first-order chi connectivity index (χ1) is 9.51. The summed E-state index contributed by atoms with van der Waals surface area (Å²) in [5.41, 5.74) is 0.867. The van der Waals surface area contributed by atoms with Crippen LogP contribution in [0.3, 0.4) is 0 Å². The summed E-state index contributed by atoms with van der Waals surface area (Å²) in [5, 5.41) is 11.5. The Morgan fingerprint density at radius 3 is 2.20 bits per heavy atom. The molecule has 1 rings (SSSR count). The lowest BCUT2D eigenvalue weighted by Crippen LogP contribution is -2.46. The molecule has 1 unspecified atom stereocenters. The van der Waals surface area contributed by atoms with Crippen LogP contribution in [-0.2, 0) is 9.59 Å². The van der Waals surface area contributed by atoms with E-state index in [0.717, 1.165) is 5.56 Å². The number of rotatable bonds is 7. The minimum Gasteiger partial charge on any atom is -0.480 e. The van der Waals surface area contributed by atoms with E-state index in [4.69, 9.17) is 5.11 Å². The Balaban J connectivity index is 2.99. The van der Waals surface area contributed by atoms with Crippen molar-refractivity contribution in [3.8, 4) is 0 Å². The molecule has 0 saturated carbocycles. The number of carboxylic acid groups (broad SMARTS) is 1. The van der Waals surface area contributed by atoms with Gasteiger partial charge in [0.1, 0.15) is 12.1 Å². The first kappa shape index (κ1) is 16.2. The maximum Gasteiger partial charge on any atom is 0.325 e. The van der Waals surface area contributed by atoms with Gasteiger partial charge in [-0.2, -0.15) is 0 Å². The number of amides is 1. The van der Waals surface area contributed by atoms with Gasteiger partial charge in [-0.3, -0.25) is 14.5 Å². The van der Waals surface area contributed by atoms with Gasteiger partial charge < -0.3 is 10.4 Å². The van der Waals surface area contributed by atoms with Crippen molar-refractivity contribution >= 4 is 11.9 Å². The summed E-state index contributed by atoms with van der Waals surface area (Å²) >= 11 is 0. The van der Waals surface area contributed by atoms with Crippen molar-refractivity contribution in [2.45, 2.75) is 32.9 Å². The molecule has 0 saturated heterocycles. The first-order valence-corrected chi connectivity index (χ1v) is 6.83. The quantitative estimate of drug-likeness (QED) is 0.796. The Morgan fingerprint density at radius 1 is 1.20 bits per heavy atom. The summed E-state index contributed by atoms with van der Waals surface area (Å²) in [5.74, 6) is -1.32. The highest BCUT2D eigenvalue weighted by molar-refractivity contribution is 5.87. The highest BCUT2D eigenvalue weighted by Gasteiger charge is 2.27. The Hall–Kier alpha value is -1.88. The lowest BCUT2D eigenvalue weighted by Gasteiger charge is -2.29. The SMILES string of the molecule is CCN(CC)C(C(=O)N[C@@H](C)C(=O)O)c1ccccc1. The van der Waals surface area contributed by atoms with Gasteiger partial charge in [-0.15, -0.1) is 0 Å². The standard InChI is InChI=1S/C15H22N2O3/c1-4-17(5-2)13(12-9-7-6-8-10-12)14(18)16-11(3)15(19)20/h6-11,13H,4-5H2,1-3H3,(H,16,18)(H,19,20)/t11-,13?/m0/s1. The molecule has 0 heterocycles. The summed E-state index contributed by atoms with van der Waals surface area (Å²) in [6, 6.07) is 8.04. The molecule has 0 aliphatic carbocycles. The van der Waals surface area contributed by atoms with E-state index < -0.39 is 18.1 Å². The second-order valence-corrected chi connectivity index (χ2v) is 4.60. The fourth-order valence-corrected chi connectivity index (χ4v) is 2.11. The number of nitrogens with zero attached hydrogens (tertiary/aromatic N) is 1. The van der Waals surface area contributed by atoms with E-state index in [1.165, 1.54) is 6.92 Å². The largest absolute Gasteiger partial charge is 0.480 e. The van der Waals surface area contributed by atoms with Crippen molar-refractivity contribution in [3.05, 3.63) is 35.9 Å². The van der Waals surface area contributed by atoms with Crippen molar-refractivity contribution < 1.29 is 14.7 Å². The van der Waals surface area contributed by atoms with Crippen LogP contribution < -0.4 is 5.32 Å². The van der Waals surface area contributed by atoms with Crippen molar-refractivity contribution in [1.29, 1.82) is 0 Å². The second-order valence-electron chi connectivity index (χ2n) is 4.60. The molecule has 1 amide bonds. The van der Waals surface area contributed by atoms with Crippen molar-refractivity contribution in [1.82, 2.24) is 10.2 Å². The van der Waals surface area contributed by atoms with E-state index >= 15 is 0 Å². The number of carbonyl (C=O) groups excluding carboxylic acids is 1. The molecule has 5 heteroatoms. The third-order valence-electron chi connectivity index (χ3n) is 3.27. The zero-order chi connectivity index (χ0) is 15.1. The summed E-state index contributed by atoms with van der Waals surface area (Å²) in [4.78, 5) is 25.3. The highest BCUT2D eigenvalue weighted by atomic mass is 16.4. The average molecular weight is 278 g/mol. The van der Waals surface area contributed by atoms with Gasteiger partial charge in [-0.25, -0.2) is 0 Å². The predicted molar refractivity (Wildman–Crippen MR) is 77.3 cm³/mol. The number of benzene rings is 1. The molecule has 2 N–H and O–H groups in total. The molecule has 0 aliphatic rings. The third-order valence-corrected chi connectivity index (χ3v) is 3.27. The summed E-state index contributed by atoms with van der Waals surface area (Å²) in [7, 11) is 0. The van der Waals surface area contributed by atoms with Crippen LogP contribution in [0.25, 0.3) is 0 Å². The fraction of sp³-hybridized carbons (Fsp3) is 0.467. The average Bonchev–Trinajstić information content (AvgIpc) is 2.45. The number of carboxylic acids is 1. The van der Waals surface area contributed by atoms with Crippen LogP contribution in [0.15, 0.2) is 30.3 Å². The predicted octanol–water partition coefficient (Wildman–Crippen LogP) is 1.66. The Kier molecular flexibility index (Phi) is 6.18. The van der Waals surface area contributed by atoms with Crippen LogP contribution in [0.2, 0.25) is 0 Å². The number of nitrogens with one attached hydrogen (secondary N) is 1. The summed E-state index contributed by atoms with van der Waals surface area (Å²) < 4.78 is 0. The van der Waals surface area contributed by atoms with Crippen molar-refractivity contribution in [2.75, 3.05) is 13.1 Å². The maximum atomic E-state index is 12.4. The van der Waals surface area contributed by atoms with Crippen LogP contribution >= 0.6 is 0 Å². The summed E-state index contributed by atoms with van der Waals surface area (Å²) in [6.07, 6.45) is 0.